The molecule has 88 valence electrons. The Balaban J connectivity index is 2.18. The van der Waals surface area contributed by atoms with Gasteiger partial charge in [0.15, 0.2) is 0 Å². The predicted molar refractivity (Wildman–Crippen MR) is 63.5 cm³/mol. The van der Waals surface area contributed by atoms with E-state index in [4.69, 9.17) is 0 Å². The standard InChI is InChI=1S/C13H14N2O2/c1-17-13(16)8-11-4-2-3-5-12(11)9-15-7-6-14-10-15/h2-7,10H,8-9H2,1H3. The smallest absolute Gasteiger partial charge is 0.309 e. The van der Waals surface area contributed by atoms with E-state index >= 15 is 0 Å². The number of imidazole rings is 1. The van der Waals surface area contributed by atoms with Crippen molar-refractivity contribution in [2.45, 2.75) is 13.0 Å². The van der Waals surface area contributed by atoms with Crippen LogP contribution < -0.4 is 0 Å². The van der Waals surface area contributed by atoms with Gasteiger partial charge in [0, 0.05) is 18.9 Å². The van der Waals surface area contributed by atoms with Crippen LogP contribution in [0.4, 0.5) is 0 Å². The Hall–Kier alpha value is -2.10. The molecule has 0 amide bonds. The quantitative estimate of drug-likeness (QED) is 0.750. The van der Waals surface area contributed by atoms with Crippen molar-refractivity contribution in [2.75, 3.05) is 7.11 Å². The Morgan fingerprint density at radius 1 is 1.35 bits per heavy atom. The summed E-state index contributed by atoms with van der Waals surface area (Å²) >= 11 is 0. The van der Waals surface area contributed by atoms with Crippen LogP contribution in [0, 0.1) is 0 Å². The Labute approximate surface area is 99.9 Å². The third kappa shape index (κ3) is 2.93. The highest BCUT2D eigenvalue weighted by Gasteiger charge is 2.07. The highest BCUT2D eigenvalue weighted by atomic mass is 16.5. The van der Waals surface area contributed by atoms with Crippen LogP contribution >= 0.6 is 0 Å². The van der Waals surface area contributed by atoms with Crippen molar-refractivity contribution in [3.05, 3.63) is 54.1 Å². The SMILES string of the molecule is COC(=O)Cc1ccccc1Cn1ccnc1. The number of ether oxygens (including phenoxy) is 1. The Morgan fingerprint density at radius 2 is 2.12 bits per heavy atom. The summed E-state index contributed by atoms with van der Waals surface area (Å²) < 4.78 is 6.65. The van der Waals surface area contributed by atoms with Gasteiger partial charge in [-0.1, -0.05) is 24.3 Å². The van der Waals surface area contributed by atoms with Crippen LogP contribution in [0.2, 0.25) is 0 Å². The van der Waals surface area contributed by atoms with Gasteiger partial charge in [0.1, 0.15) is 0 Å². The number of rotatable bonds is 4. The molecule has 0 aliphatic heterocycles. The van der Waals surface area contributed by atoms with Crippen molar-refractivity contribution in [2.24, 2.45) is 0 Å². The predicted octanol–water partition coefficient (Wildman–Crippen LogP) is 1.65. The molecule has 0 aliphatic rings. The molecule has 4 nitrogen and oxygen atoms in total. The molecule has 0 atom stereocenters. The molecule has 17 heavy (non-hydrogen) atoms. The van der Waals surface area contributed by atoms with Gasteiger partial charge < -0.3 is 9.30 Å². The molecule has 1 aromatic heterocycles. The highest BCUT2D eigenvalue weighted by Crippen LogP contribution is 2.11. The van der Waals surface area contributed by atoms with E-state index in [0.717, 1.165) is 11.1 Å². The van der Waals surface area contributed by atoms with Gasteiger partial charge in [0.25, 0.3) is 0 Å². The topological polar surface area (TPSA) is 44.1 Å². The number of methoxy groups -OCH3 is 1. The normalized spacial score (nSPS) is 10.2. The summed E-state index contributed by atoms with van der Waals surface area (Å²) in [5, 5.41) is 0. The van der Waals surface area contributed by atoms with E-state index in [2.05, 4.69) is 9.72 Å². The van der Waals surface area contributed by atoms with E-state index in [0.29, 0.717) is 13.0 Å². The van der Waals surface area contributed by atoms with Crippen LogP contribution in [0.15, 0.2) is 43.0 Å². The van der Waals surface area contributed by atoms with Gasteiger partial charge in [0.2, 0.25) is 0 Å². The maximum absolute atomic E-state index is 11.3. The first kappa shape index (κ1) is 11.4. The average Bonchev–Trinajstić information content (AvgIpc) is 2.84. The van der Waals surface area contributed by atoms with Crippen molar-refractivity contribution in [1.82, 2.24) is 9.55 Å². The minimum absolute atomic E-state index is 0.219. The summed E-state index contributed by atoms with van der Waals surface area (Å²) in [5.41, 5.74) is 2.10. The zero-order valence-corrected chi connectivity index (χ0v) is 9.67. The van der Waals surface area contributed by atoms with E-state index in [1.165, 1.54) is 7.11 Å². The van der Waals surface area contributed by atoms with Gasteiger partial charge in [-0.05, 0) is 11.1 Å². The lowest BCUT2D eigenvalue weighted by atomic mass is 10.0. The minimum atomic E-state index is -0.219. The van der Waals surface area contributed by atoms with E-state index in [1.807, 2.05) is 35.0 Å². The first-order valence-electron chi connectivity index (χ1n) is 5.39. The molecule has 0 saturated carbocycles. The van der Waals surface area contributed by atoms with Crippen LogP contribution in [0.25, 0.3) is 0 Å². The number of aromatic nitrogens is 2. The lowest BCUT2D eigenvalue weighted by Crippen LogP contribution is -2.08. The molecule has 2 rings (SSSR count). The summed E-state index contributed by atoms with van der Waals surface area (Å²) in [6, 6.07) is 7.85. The maximum atomic E-state index is 11.3. The number of hydrogen-bond donors (Lipinski definition) is 0. The average molecular weight is 230 g/mol. The van der Waals surface area contributed by atoms with Gasteiger partial charge in [-0.3, -0.25) is 4.79 Å². The zero-order chi connectivity index (χ0) is 12.1. The van der Waals surface area contributed by atoms with Crippen LogP contribution in [0.3, 0.4) is 0 Å². The summed E-state index contributed by atoms with van der Waals surface area (Å²) in [4.78, 5) is 15.3. The number of carbonyl (C=O) groups is 1. The first-order chi connectivity index (χ1) is 8.29. The van der Waals surface area contributed by atoms with Crippen molar-refractivity contribution in [3.63, 3.8) is 0 Å². The molecule has 0 saturated heterocycles. The molecule has 0 bridgehead atoms. The second-order valence-corrected chi connectivity index (χ2v) is 3.76. The molecule has 0 unspecified atom stereocenters. The first-order valence-corrected chi connectivity index (χ1v) is 5.39. The van der Waals surface area contributed by atoms with Crippen molar-refractivity contribution in [1.29, 1.82) is 0 Å². The van der Waals surface area contributed by atoms with E-state index in [9.17, 15) is 4.79 Å². The van der Waals surface area contributed by atoms with Crippen molar-refractivity contribution in [3.8, 4) is 0 Å². The number of hydrogen-bond acceptors (Lipinski definition) is 3. The van der Waals surface area contributed by atoms with Gasteiger partial charge >= 0.3 is 5.97 Å². The Kier molecular flexibility index (Phi) is 3.55. The van der Waals surface area contributed by atoms with Crippen LogP contribution in [0.1, 0.15) is 11.1 Å². The fourth-order valence-electron chi connectivity index (χ4n) is 1.69. The largest absolute Gasteiger partial charge is 0.469 e. The molecular weight excluding hydrogens is 216 g/mol. The summed E-state index contributed by atoms with van der Waals surface area (Å²) in [6.07, 6.45) is 5.70. The zero-order valence-electron chi connectivity index (χ0n) is 9.67. The van der Waals surface area contributed by atoms with Gasteiger partial charge in [-0.25, -0.2) is 4.98 Å². The summed E-state index contributed by atoms with van der Waals surface area (Å²) in [6.45, 7) is 0.715. The maximum Gasteiger partial charge on any atom is 0.309 e. The highest BCUT2D eigenvalue weighted by molar-refractivity contribution is 5.72. The van der Waals surface area contributed by atoms with Gasteiger partial charge in [0.05, 0.1) is 19.9 Å². The molecule has 0 radical (unpaired) electrons. The monoisotopic (exact) mass is 230 g/mol. The van der Waals surface area contributed by atoms with E-state index < -0.39 is 0 Å². The molecule has 0 aliphatic carbocycles. The molecule has 4 heteroatoms. The number of esters is 1. The lowest BCUT2D eigenvalue weighted by Gasteiger charge is -2.08. The number of carbonyl (C=O) groups excluding carboxylic acids is 1. The fraction of sp³-hybridized carbons (Fsp3) is 0.231. The van der Waals surface area contributed by atoms with E-state index in [-0.39, 0.29) is 5.97 Å². The van der Waals surface area contributed by atoms with Crippen LogP contribution in [-0.4, -0.2) is 22.6 Å². The molecule has 0 N–H and O–H groups in total. The molecule has 1 aromatic carbocycles. The fourth-order valence-corrected chi connectivity index (χ4v) is 1.69. The molecule has 1 heterocycles. The van der Waals surface area contributed by atoms with Gasteiger partial charge in [-0.15, -0.1) is 0 Å². The summed E-state index contributed by atoms with van der Waals surface area (Å²) in [5.74, 6) is -0.219. The number of nitrogens with zero attached hydrogens (tertiary/aromatic N) is 2. The molecule has 2 aromatic rings. The third-order valence-corrected chi connectivity index (χ3v) is 2.59. The Bertz CT molecular complexity index is 492. The van der Waals surface area contributed by atoms with Crippen molar-refractivity contribution >= 4 is 5.97 Å². The Morgan fingerprint density at radius 3 is 2.76 bits per heavy atom. The third-order valence-electron chi connectivity index (χ3n) is 2.59. The second-order valence-electron chi connectivity index (χ2n) is 3.76. The van der Waals surface area contributed by atoms with Crippen molar-refractivity contribution < 1.29 is 9.53 Å². The van der Waals surface area contributed by atoms with Gasteiger partial charge in [-0.2, -0.15) is 0 Å². The number of benzene rings is 1. The molecular formula is C13H14N2O2. The minimum Gasteiger partial charge on any atom is -0.469 e. The van der Waals surface area contributed by atoms with E-state index in [1.54, 1.807) is 12.5 Å². The molecule has 0 fully saturated rings. The second kappa shape index (κ2) is 5.30. The molecule has 0 spiro atoms. The van der Waals surface area contributed by atoms with Crippen LogP contribution in [-0.2, 0) is 22.5 Å². The lowest BCUT2D eigenvalue weighted by molar-refractivity contribution is -0.139. The summed E-state index contributed by atoms with van der Waals surface area (Å²) in [7, 11) is 1.40. The van der Waals surface area contributed by atoms with Crippen LogP contribution in [0.5, 0.6) is 0 Å².